The van der Waals surface area contributed by atoms with Gasteiger partial charge in [0.05, 0.1) is 18.3 Å². The highest BCUT2D eigenvalue weighted by atomic mass is 16.5. The molecule has 0 radical (unpaired) electrons. The van der Waals surface area contributed by atoms with E-state index in [4.69, 9.17) is 9.47 Å². The Hall–Kier alpha value is -2.90. The lowest BCUT2D eigenvalue weighted by Gasteiger charge is -2.31. The van der Waals surface area contributed by atoms with Crippen LogP contribution in [0.25, 0.3) is 16.7 Å². The summed E-state index contributed by atoms with van der Waals surface area (Å²) in [6, 6.07) is 12.0. The van der Waals surface area contributed by atoms with E-state index in [1.54, 1.807) is 7.11 Å². The van der Waals surface area contributed by atoms with Crippen molar-refractivity contribution in [2.75, 3.05) is 46.4 Å². The van der Waals surface area contributed by atoms with Crippen LogP contribution in [0.3, 0.4) is 0 Å². The zero-order valence-corrected chi connectivity index (χ0v) is 19.3. The zero-order chi connectivity index (χ0) is 22.6. The van der Waals surface area contributed by atoms with Gasteiger partial charge in [0.15, 0.2) is 0 Å². The maximum atomic E-state index is 12.7. The van der Waals surface area contributed by atoms with Crippen LogP contribution in [-0.4, -0.2) is 77.8 Å². The fourth-order valence-corrected chi connectivity index (χ4v) is 4.83. The van der Waals surface area contributed by atoms with E-state index >= 15 is 0 Å². The molecular formula is C26H32N4O3. The van der Waals surface area contributed by atoms with E-state index in [2.05, 4.69) is 14.5 Å². The van der Waals surface area contributed by atoms with Crippen molar-refractivity contribution < 1.29 is 14.3 Å². The van der Waals surface area contributed by atoms with Crippen molar-refractivity contribution >= 4 is 16.8 Å². The molecule has 7 heteroatoms. The number of likely N-dealkylation sites (tertiary alicyclic amines) is 2. The summed E-state index contributed by atoms with van der Waals surface area (Å²) in [4.78, 5) is 21.7. The van der Waals surface area contributed by atoms with Gasteiger partial charge in [0.25, 0.3) is 5.91 Å². The molecule has 0 bridgehead atoms. The number of piperidine rings is 1. The summed E-state index contributed by atoms with van der Waals surface area (Å²) < 4.78 is 13.4. The number of pyridine rings is 1. The SMILES string of the molecule is COCCN1CCC(Oc2ccc(-n3ccc4cc(C(=O)N5CCCC5)ccc43)nc2)CC1. The van der Waals surface area contributed by atoms with Crippen molar-refractivity contribution in [2.45, 2.75) is 31.8 Å². The predicted octanol–water partition coefficient (Wildman–Crippen LogP) is 3.75. The van der Waals surface area contributed by atoms with Gasteiger partial charge in [-0.05, 0) is 62.1 Å². The van der Waals surface area contributed by atoms with E-state index in [0.29, 0.717) is 0 Å². The topological polar surface area (TPSA) is 59.8 Å². The standard InChI is InChI=1S/C26H32N4O3/c1-32-17-16-28-13-9-22(10-14-28)33-23-5-7-25(27-19-23)30-15-8-20-18-21(4-6-24(20)30)26(31)29-11-2-3-12-29/h4-8,15,18-19,22H,2-3,9-14,16-17H2,1H3. The molecule has 174 valence electrons. The number of methoxy groups -OCH3 is 1. The molecule has 0 aliphatic carbocycles. The third-order valence-corrected chi connectivity index (χ3v) is 6.75. The molecule has 2 fully saturated rings. The molecule has 2 aliphatic rings. The van der Waals surface area contributed by atoms with E-state index in [1.165, 1.54) is 0 Å². The first-order valence-electron chi connectivity index (χ1n) is 12.0. The predicted molar refractivity (Wildman–Crippen MR) is 128 cm³/mol. The molecule has 3 aromatic rings. The van der Waals surface area contributed by atoms with Crippen LogP contribution in [0.4, 0.5) is 0 Å². The second kappa shape index (κ2) is 9.93. The minimum absolute atomic E-state index is 0.131. The smallest absolute Gasteiger partial charge is 0.253 e. The molecule has 2 aliphatic heterocycles. The Morgan fingerprint density at radius 2 is 1.88 bits per heavy atom. The van der Waals surface area contributed by atoms with Gasteiger partial charge in [-0.1, -0.05) is 0 Å². The number of hydrogen-bond donors (Lipinski definition) is 0. The largest absolute Gasteiger partial charge is 0.489 e. The highest BCUT2D eigenvalue weighted by Crippen LogP contribution is 2.24. The second-order valence-electron chi connectivity index (χ2n) is 8.96. The number of rotatable bonds is 7. The molecule has 2 saturated heterocycles. The highest BCUT2D eigenvalue weighted by molar-refractivity contribution is 5.98. The number of nitrogens with zero attached hydrogens (tertiary/aromatic N) is 4. The third kappa shape index (κ3) is 4.89. The quantitative estimate of drug-likeness (QED) is 0.551. The average molecular weight is 449 g/mol. The van der Waals surface area contributed by atoms with Crippen LogP contribution in [0.5, 0.6) is 5.75 Å². The Balaban J connectivity index is 1.23. The first-order chi connectivity index (χ1) is 16.2. The van der Waals surface area contributed by atoms with Gasteiger partial charge in [-0.25, -0.2) is 4.98 Å². The Morgan fingerprint density at radius 1 is 1.06 bits per heavy atom. The molecule has 4 heterocycles. The average Bonchev–Trinajstić information content (AvgIpc) is 3.54. The molecule has 0 unspecified atom stereocenters. The summed E-state index contributed by atoms with van der Waals surface area (Å²) in [7, 11) is 1.75. The van der Waals surface area contributed by atoms with Crippen LogP contribution in [-0.2, 0) is 4.74 Å². The lowest BCUT2D eigenvalue weighted by atomic mass is 10.1. The number of hydrogen-bond acceptors (Lipinski definition) is 5. The maximum absolute atomic E-state index is 12.7. The number of benzene rings is 1. The fraction of sp³-hybridized carbons (Fsp3) is 0.462. The van der Waals surface area contributed by atoms with Crippen molar-refractivity contribution in [2.24, 2.45) is 0 Å². The van der Waals surface area contributed by atoms with Gasteiger partial charge in [0.1, 0.15) is 17.7 Å². The molecule has 0 spiro atoms. The van der Waals surface area contributed by atoms with Crippen LogP contribution in [0.1, 0.15) is 36.0 Å². The van der Waals surface area contributed by atoms with E-state index in [0.717, 1.165) is 93.0 Å². The molecule has 1 aromatic carbocycles. The van der Waals surface area contributed by atoms with E-state index in [9.17, 15) is 4.79 Å². The van der Waals surface area contributed by atoms with Crippen molar-refractivity contribution in [3.05, 3.63) is 54.4 Å². The normalized spacial score (nSPS) is 17.7. The Labute approximate surface area is 194 Å². The highest BCUT2D eigenvalue weighted by Gasteiger charge is 2.21. The maximum Gasteiger partial charge on any atom is 0.253 e. The first kappa shape index (κ1) is 21.9. The molecule has 0 saturated carbocycles. The summed E-state index contributed by atoms with van der Waals surface area (Å²) in [5.41, 5.74) is 1.80. The Morgan fingerprint density at radius 3 is 2.61 bits per heavy atom. The molecule has 0 N–H and O–H groups in total. The van der Waals surface area contributed by atoms with Crippen molar-refractivity contribution in [1.82, 2.24) is 19.4 Å². The lowest BCUT2D eigenvalue weighted by Crippen LogP contribution is -2.39. The second-order valence-corrected chi connectivity index (χ2v) is 8.96. The van der Waals surface area contributed by atoms with E-state index in [1.807, 2.05) is 53.7 Å². The minimum atomic E-state index is 0.131. The van der Waals surface area contributed by atoms with Crippen LogP contribution in [0.15, 0.2) is 48.8 Å². The summed E-state index contributed by atoms with van der Waals surface area (Å²) >= 11 is 0. The number of aromatic nitrogens is 2. The number of carbonyl (C=O) groups excluding carboxylic acids is 1. The summed E-state index contributed by atoms with van der Waals surface area (Å²) in [5.74, 6) is 1.78. The van der Waals surface area contributed by atoms with Gasteiger partial charge in [-0.3, -0.25) is 4.79 Å². The van der Waals surface area contributed by atoms with Gasteiger partial charge in [0, 0.05) is 57.0 Å². The summed E-state index contributed by atoms with van der Waals surface area (Å²) in [5, 5.41) is 1.04. The molecular weight excluding hydrogens is 416 g/mol. The van der Waals surface area contributed by atoms with Gasteiger partial charge in [-0.15, -0.1) is 0 Å². The third-order valence-electron chi connectivity index (χ3n) is 6.75. The summed E-state index contributed by atoms with van der Waals surface area (Å²) in [6.07, 6.45) is 8.29. The van der Waals surface area contributed by atoms with E-state index in [-0.39, 0.29) is 12.0 Å². The first-order valence-corrected chi connectivity index (χ1v) is 12.0. The number of carbonyl (C=O) groups is 1. The van der Waals surface area contributed by atoms with Gasteiger partial charge < -0.3 is 23.8 Å². The Kier molecular flexibility index (Phi) is 6.60. The van der Waals surface area contributed by atoms with Gasteiger partial charge in [-0.2, -0.15) is 0 Å². The Bertz CT molecular complexity index is 1080. The molecule has 7 nitrogen and oxygen atoms in total. The lowest BCUT2D eigenvalue weighted by molar-refractivity contribution is 0.0792. The van der Waals surface area contributed by atoms with Crippen LogP contribution in [0, 0.1) is 0 Å². The number of ether oxygens (including phenoxy) is 2. The molecule has 5 rings (SSSR count). The summed E-state index contributed by atoms with van der Waals surface area (Å²) in [6.45, 7) is 5.57. The number of fused-ring (bicyclic) bond motifs is 1. The van der Waals surface area contributed by atoms with Crippen LogP contribution >= 0.6 is 0 Å². The zero-order valence-electron chi connectivity index (χ0n) is 19.3. The molecule has 33 heavy (non-hydrogen) atoms. The number of amides is 1. The molecule has 2 aromatic heterocycles. The van der Waals surface area contributed by atoms with Crippen molar-refractivity contribution in [3.63, 3.8) is 0 Å². The minimum Gasteiger partial charge on any atom is -0.489 e. The van der Waals surface area contributed by atoms with Gasteiger partial charge >= 0.3 is 0 Å². The molecule has 1 amide bonds. The monoisotopic (exact) mass is 448 g/mol. The van der Waals surface area contributed by atoms with Crippen LogP contribution in [0.2, 0.25) is 0 Å². The van der Waals surface area contributed by atoms with E-state index < -0.39 is 0 Å². The molecule has 0 atom stereocenters. The van der Waals surface area contributed by atoms with Crippen molar-refractivity contribution in [3.8, 4) is 11.6 Å². The van der Waals surface area contributed by atoms with Crippen LogP contribution < -0.4 is 4.74 Å². The van der Waals surface area contributed by atoms with Crippen molar-refractivity contribution in [1.29, 1.82) is 0 Å². The van der Waals surface area contributed by atoms with Gasteiger partial charge in [0.2, 0.25) is 0 Å². The fourth-order valence-electron chi connectivity index (χ4n) is 4.83.